The Morgan fingerprint density at radius 3 is 2.41 bits per heavy atom. The van der Waals surface area contributed by atoms with Gasteiger partial charge in [-0.25, -0.2) is 13.1 Å². The molecule has 1 atom stereocenters. The highest BCUT2D eigenvalue weighted by molar-refractivity contribution is 7.89. The SMILES string of the molecule is O=C(NCc1ccc(S(=O)(=O)NC2CC2)cc1)C(c1ccccc1)n1cccn1. The largest absolute Gasteiger partial charge is 0.350 e. The van der Waals surface area contributed by atoms with E-state index in [2.05, 4.69) is 15.1 Å². The van der Waals surface area contributed by atoms with Crippen molar-refractivity contribution in [3.8, 4) is 0 Å². The summed E-state index contributed by atoms with van der Waals surface area (Å²) < 4.78 is 28.8. The van der Waals surface area contributed by atoms with E-state index in [9.17, 15) is 13.2 Å². The van der Waals surface area contributed by atoms with Crippen LogP contribution in [0.1, 0.15) is 30.0 Å². The highest BCUT2D eigenvalue weighted by Crippen LogP contribution is 2.22. The number of hydrogen-bond donors (Lipinski definition) is 2. The van der Waals surface area contributed by atoms with Crippen molar-refractivity contribution in [2.75, 3.05) is 0 Å². The van der Waals surface area contributed by atoms with Gasteiger partial charge in [0, 0.05) is 25.0 Å². The molecule has 1 unspecified atom stereocenters. The second kappa shape index (κ2) is 8.18. The fourth-order valence-corrected chi connectivity index (χ4v) is 4.36. The van der Waals surface area contributed by atoms with Gasteiger partial charge in [-0.15, -0.1) is 0 Å². The molecule has 7 nitrogen and oxygen atoms in total. The molecule has 0 spiro atoms. The first-order valence-electron chi connectivity index (χ1n) is 9.46. The van der Waals surface area contributed by atoms with Gasteiger partial charge in [-0.1, -0.05) is 42.5 Å². The van der Waals surface area contributed by atoms with Crippen molar-refractivity contribution in [3.05, 3.63) is 84.2 Å². The maximum Gasteiger partial charge on any atom is 0.249 e. The van der Waals surface area contributed by atoms with Crippen molar-refractivity contribution < 1.29 is 13.2 Å². The van der Waals surface area contributed by atoms with Crippen molar-refractivity contribution in [2.45, 2.75) is 36.4 Å². The lowest BCUT2D eigenvalue weighted by Crippen LogP contribution is -2.33. The van der Waals surface area contributed by atoms with Crippen molar-refractivity contribution in [3.63, 3.8) is 0 Å². The normalized spacial score (nSPS) is 15.0. The van der Waals surface area contributed by atoms with E-state index in [1.54, 1.807) is 47.4 Å². The molecule has 4 rings (SSSR count). The van der Waals surface area contributed by atoms with Gasteiger partial charge in [-0.2, -0.15) is 5.10 Å². The summed E-state index contributed by atoms with van der Waals surface area (Å²) in [6.45, 7) is 0.291. The first-order chi connectivity index (χ1) is 14.0. The molecule has 29 heavy (non-hydrogen) atoms. The fraction of sp³-hybridized carbons (Fsp3) is 0.238. The molecule has 0 saturated heterocycles. The summed E-state index contributed by atoms with van der Waals surface area (Å²) in [6.07, 6.45) is 5.17. The summed E-state index contributed by atoms with van der Waals surface area (Å²) in [4.78, 5) is 13.1. The lowest BCUT2D eigenvalue weighted by Gasteiger charge is -2.18. The van der Waals surface area contributed by atoms with E-state index in [1.165, 1.54) is 0 Å². The number of benzene rings is 2. The molecule has 1 saturated carbocycles. The molecular weight excluding hydrogens is 388 g/mol. The predicted molar refractivity (Wildman–Crippen MR) is 108 cm³/mol. The number of carbonyl (C=O) groups is 1. The van der Waals surface area contributed by atoms with Gasteiger partial charge < -0.3 is 5.32 Å². The zero-order valence-electron chi connectivity index (χ0n) is 15.7. The molecule has 0 aliphatic heterocycles. The third kappa shape index (κ3) is 4.72. The van der Waals surface area contributed by atoms with Crippen LogP contribution in [-0.4, -0.2) is 30.1 Å². The van der Waals surface area contributed by atoms with Crippen LogP contribution in [0.2, 0.25) is 0 Å². The van der Waals surface area contributed by atoms with Gasteiger partial charge in [0.2, 0.25) is 15.9 Å². The molecule has 0 bridgehead atoms. The molecule has 0 radical (unpaired) electrons. The Balaban J connectivity index is 1.44. The van der Waals surface area contributed by atoms with Crippen LogP contribution in [0.3, 0.4) is 0 Å². The Hall–Kier alpha value is -2.97. The lowest BCUT2D eigenvalue weighted by molar-refractivity contribution is -0.123. The number of nitrogens with one attached hydrogen (secondary N) is 2. The predicted octanol–water partition coefficient (Wildman–Crippen LogP) is 2.23. The molecule has 2 N–H and O–H groups in total. The van der Waals surface area contributed by atoms with Crippen LogP contribution in [0.4, 0.5) is 0 Å². The molecule has 1 heterocycles. The Morgan fingerprint density at radius 1 is 1.07 bits per heavy atom. The zero-order valence-corrected chi connectivity index (χ0v) is 16.5. The fourth-order valence-electron chi connectivity index (χ4n) is 3.05. The Kier molecular flexibility index (Phi) is 5.46. The number of hydrogen-bond acceptors (Lipinski definition) is 4. The molecule has 1 amide bonds. The van der Waals surface area contributed by atoms with Crippen LogP contribution in [0, 0.1) is 0 Å². The molecule has 1 aliphatic rings. The highest BCUT2D eigenvalue weighted by atomic mass is 32.2. The average molecular weight is 410 g/mol. The number of amides is 1. The van der Waals surface area contributed by atoms with Crippen LogP contribution < -0.4 is 10.0 Å². The first-order valence-corrected chi connectivity index (χ1v) is 10.9. The quantitative estimate of drug-likeness (QED) is 0.596. The van der Waals surface area contributed by atoms with E-state index >= 15 is 0 Å². The minimum absolute atomic E-state index is 0.0659. The molecule has 1 aliphatic carbocycles. The van der Waals surface area contributed by atoms with Gasteiger partial charge in [-0.05, 0) is 42.2 Å². The van der Waals surface area contributed by atoms with Crippen LogP contribution in [0.15, 0.2) is 78.0 Å². The van der Waals surface area contributed by atoms with Crippen LogP contribution in [0.25, 0.3) is 0 Å². The highest BCUT2D eigenvalue weighted by Gasteiger charge is 2.28. The lowest BCUT2D eigenvalue weighted by atomic mass is 10.1. The number of carbonyl (C=O) groups excluding carboxylic acids is 1. The van der Waals surface area contributed by atoms with E-state index in [0.29, 0.717) is 6.54 Å². The number of rotatable bonds is 8. The minimum atomic E-state index is -3.47. The molecular formula is C21H22N4O3S. The van der Waals surface area contributed by atoms with E-state index in [1.807, 2.05) is 30.3 Å². The van der Waals surface area contributed by atoms with Gasteiger partial charge in [0.05, 0.1) is 4.90 Å². The van der Waals surface area contributed by atoms with Gasteiger partial charge in [0.15, 0.2) is 6.04 Å². The molecule has 3 aromatic rings. The zero-order chi connectivity index (χ0) is 20.3. The van der Waals surface area contributed by atoms with Gasteiger partial charge in [0.1, 0.15) is 0 Å². The Bertz CT molecular complexity index is 1060. The standard InChI is InChI=1S/C21H22N4O3S/c26-21(20(25-14-4-13-23-25)17-5-2-1-3-6-17)22-15-16-7-11-19(12-8-16)29(27,28)24-18-9-10-18/h1-8,11-14,18,20,24H,9-10,15H2,(H,22,26). The maximum atomic E-state index is 12.9. The van der Waals surface area contributed by atoms with Crippen molar-refractivity contribution in [2.24, 2.45) is 0 Å². The second-order valence-corrected chi connectivity index (χ2v) is 8.77. The van der Waals surface area contributed by atoms with Crippen LogP contribution in [-0.2, 0) is 21.4 Å². The van der Waals surface area contributed by atoms with Crippen molar-refractivity contribution in [1.82, 2.24) is 19.8 Å². The third-order valence-electron chi connectivity index (χ3n) is 4.75. The van der Waals surface area contributed by atoms with E-state index in [0.717, 1.165) is 24.0 Å². The summed E-state index contributed by atoms with van der Waals surface area (Å²) in [7, 11) is -3.47. The van der Waals surface area contributed by atoms with Crippen molar-refractivity contribution in [1.29, 1.82) is 0 Å². The maximum absolute atomic E-state index is 12.9. The van der Waals surface area contributed by atoms with E-state index in [-0.39, 0.29) is 16.8 Å². The van der Waals surface area contributed by atoms with E-state index in [4.69, 9.17) is 0 Å². The van der Waals surface area contributed by atoms with Crippen LogP contribution >= 0.6 is 0 Å². The van der Waals surface area contributed by atoms with Crippen molar-refractivity contribution >= 4 is 15.9 Å². The monoisotopic (exact) mass is 410 g/mol. The Labute approximate surface area is 169 Å². The van der Waals surface area contributed by atoms with E-state index < -0.39 is 16.1 Å². The summed E-state index contributed by atoms with van der Waals surface area (Å²) in [5.41, 5.74) is 1.65. The summed E-state index contributed by atoms with van der Waals surface area (Å²) in [6, 6.07) is 17.3. The molecule has 2 aromatic carbocycles. The second-order valence-electron chi connectivity index (χ2n) is 7.06. The van der Waals surface area contributed by atoms with Gasteiger partial charge >= 0.3 is 0 Å². The summed E-state index contributed by atoms with van der Waals surface area (Å²) in [5.74, 6) is -0.188. The third-order valence-corrected chi connectivity index (χ3v) is 6.29. The minimum Gasteiger partial charge on any atom is -0.350 e. The molecule has 150 valence electrons. The first kappa shape index (κ1) is 19.4. The molecule has 8 heteroatoms. The summed E-state index contributed by atoms with van der Waals surface area (Å²) in [5, 5.41) is 7.14. The number of nitrogens with zero attached hydrogens (tertiary/aromatic N) is 2. The smallest absolute Gasteiger partial charge is 0.249 e. The summed E-state index contributed by atoms with van der Waals surface area (Å²) >= 11 is 0. The van der Waals surface area contributed by atoms with Gasteiger partial charge in [0.25, 0.3) is 0 Å². The Morgan fingerprint density at radius 2 is 1.79 bits per heavy atom. The number of sulfonamides is 1. The van der Waals surface area contributed by atoms with Gasteiger partial charge in [-0.3, -0.25) is 9.48 Å². The molecule has 1 aromatic heterocycles. The molecule has 1 fully saturated rings. The number of aromatic nitrogens is 2. The topological polar surface area (TPSA) is 93.1 Å². The average Bonchev–Trinajstić information content (AvgIpc) is 3.37. The van der Waals surface area contributed by atoms with Crippen LogP contribution in [0.5, 0.6) is 0 Å².